The number of rotatable bonds is 3. The maximum atomic E-state index is 12.4. The first-order chi connectivity index (χ1) is 16.4. The van der Waals surface area contributed by atoms with Gasteiger partial charge in [-0.3, -0.25) is 0 Å². The van der Waals surface area contributed by atoms with Crippen molar-refractivity contribution in [1.29, 1.82) is 0 Å². The molecule has 1 amide bonds. The maximum Gasteiger partial charge on any atom is 0.410 e. The van der Waals surface area contributed by atoms with Crippen LogP contribution in [0.15, 0.2) is 42.7 Å². The third-order valence-corrected chi connectivity index (χ3v) is 6.16. The molecule has 0 radical (unpaired) electrons. The van der Waals surface area contributed by atoms with Crippen molar-refractivity contribution < 1.29 is 9.53 Å². The van der Waals surface area contributed by atoms with Gasteiger partial charge < -0.3 is 19.9 Å². The molecule has 1 aliphatic heterocycles. The number of hydrogen-bond acceptors (Lipinski definition) is 5. The monoisotopic (exact) mass is 457 g/mol. The Balaban J connectivity index is 1.35. The molecule has 7 heteroatoms. The lowest BCUT2D eigenvalue weighted by Crippen LogP contribution is -2.39. The minimum absolute atomic E-state index is 0.271. The summed E-state index contributed by atoms with van der Waals surface area (Å²) in [4.78, 5) is 26.5. The number of fused-ring (bicyclic) bond motifs is 2. The second kappa shape index (κ2) is 8.97. The standard InChI is InChI=1S/C27H31N5O2/c1-27(2,3)34-26(33)32-13-11-19(12-14-32)23-16-22-24(28-17-29-25(22)31-23)30-21-10-9-18-7-5-4-6-8-20(18)15-21/h6,8-11,15-17H,4-5,7,12-14H2,1-3H3,(H2,28,29,30,31). The Morgan fingerprint density at radius 3 is 2.85 bits per heavy atom. The molecule has 0 fully saturated rings. The zero-order valence-electron chi connectivity index (χ0n) is 20.0. The van der Waals surface area contributed by atoms with Gasteiger partial charge in [-0.25, -0.2) is 14.8 Å². The second-order valence-electron chi connectivity index (χ2n) is 9.91. The third-order valence-electron chi connectivity index (χ3n) is 6.16. The molecule has 5 rings (SSSR count). The predicted molar refractivity (Wildman–Crippen MR) is 136 cm³/mol. The van der Waals surface area contributed by atoms with Gasteiger partial charge in [0, 0.05) is 24.5 Å². The maximum absolute atomic E-state index is 12.4. The van der Waals surface area contributed by atoms with Gasteiger partial charge in [0.1, 0.15) is 23.4 Å². The fourth-order valence-electron chi connectivity index (χ4n) is 4.43. The predicted octanol–water partition coefficient (Wildman–Crippen LogP) is 6.08. The number of carbonyl (C=O) groups excluding carboxylic acids is 1. The number of H-pyrrole nitrogens is 1. The molecule has 0 atom stereocenters. The number of nitrogens with one attached hydrogen (secondary N) is 2. The summed E-state index contributed by atoms with van der Waals surface area (Å²) in [6.45, 7) is 6.80. The van der Waals surface area contributed by atoms with E-state index in [1.165, 1.54) is 23.1 Å². The van der Waals surface area contributed by atoms with Crippen LogP contribution in [0, 0.1) is 0 Å². The second-order valence-corrected chi connectivity index (χ2v) is 9.91. The van der Waals surface area contributed by atoms with Crippen LogP contribution in [-0.2, 0) is 11.2 Å². The highest BCUT2D eigenvalue weighted by Crippen LogP contribution is 2.30. The number of benzene rings is 1. The lowest BCUT2D eigenvalue weighted by Gasteiger charge is -2.29. The van der Waals surface area contributed by atoms with Crippen LogP contribution in [-0.4, -0.2) is 44.6 Å². The van der Waals surface area contributed by atoms with Gasteiger partial charge in [-0.05, 0) is 81.4 Å². The van der Waals surface area contributed by atoms with Crippen LogP contribution in [0.3, 0.4) is 0 Å². The summed E-state index contributed by atoms with van der Waals surface area (Å²) < 4.78 is 5.50. The van der Waals surface area contributed by atoms with E-state index < -0.39 is 5.60 Å². The van der Waals surface area contributed by atoms with Crippen LogP contribution >= 0.6 is 0 Å². The quantitative estimate of drug-likeness (QED) is 0.498. The molecule has 3 aromatic rings. The van der Waals surface area contributed by atoms with Gasteiger partial charge in [-0.1, -0.05) is 24.3 Å². The van der Waals surface area contributed by atoms with Gasteiger partial charge in [0.2, 0.25) is 0 Å². The molecule has 2 aromatic heterocycles. The molecule has 0 saturated carbocycles. The molecule has 0 saturated heterocycles. The molecule has 0 unspecified atom stereocenters. The lowest BCUT2D eigenvalue weighted by molar-refractivity contribution is 0.0270. The normalized spacial score (nSPS) is 16.1. The molecule has 0 bridgehead atoms. The van der Waals surface area contributed by atoms with E-state index in [1.54, 1.807) is 11.2 Å². The van der Waals surface area contributed by atoms with Crippen LogP contribution in [0.1, 0.15) is 56.9 Å². The number of aromatic amines is 1. The molecular weight excluding hydrogens is 426 g/mol. The number of aromatic nitrogens is 3. The average molecular weight is 458 g/mol. The van der Waals surface area contributed by atoms with Gasteiger partial charge in [0.05, 0.1) is 5.39 Å². The molecule has 7 nitrogen and oxygen atoms in total. The number of nitrogens with zero attached hydrogens (tertiary/aromatic N) is 3. The van der Waals surface area contributed by atoms with E-state index in [1.807, 2.05) is 20.8 Å². The first-order valence-electron chi connectivity index (χ1n) is 11.9. The number of anilines is 2. The van der Waals surface area contributed by atoms with Crippen molar-refractivity contribution in [2.24, 2.45) is 0 Å². The van der Waals surface area contributed by atoms with E-state index in [2.05, 4.69) is 62.8 Å². The van der Waals surface area contributed by atoms with Gasteiger partial charge in [-0.2, -0.15) is 0 Å². The van der Waals surface area contributed by atoms with Crippen LogP contribution in [0.4, 0.5) is 16.3 Å². The zero-order valence-corrected chi connectivity index (χ0v) is 20.0. The van der Waals surface area contributed by atoms with E-state index >= 15 is 0 Å². The Morgan fingerprint density at radius 1 is 1.18 bits per heavy atom. The molecule has 2 aliphatic rings. The average Bonchev–Trinajstić information content (AvgIpc) is 3.11. The fraction of sp³-hybridized carbons (Fsp3) is 0.370. The number of allylic oxidation sites excluding steroid dienone is 1. The molecule has 1 aromatic carbocycles. The van der Waals surface area contributed by atoms with Crippen molar-refractivity contribution >= 4 is 40.3 Å². The summed E-state index contributed by atoms with van der Waals surface area (Å²) in [5.74, 6) is 0.775. The number of amides is 1. The van der Waals surface area contributed by atoms with Crippen molar-refractivity contribution in [1.82, 2.24) is 19.9 Å². The van der Waals surface area contributed by atoms with Gasteiger partial charge in [0.25, 0.3) is 0 Å². The van der Waals surface area contributed by atoms with E-state index in [9.17, 15) is 4.79 Å². The van der Waals surface area contributed by atoms with E-state index in [4.69, 9.17) is 4.74 Å². The van der Waals surface area contributed by atoms with E-state index in [-0.39, 0.29) is 6.09 Å². The van der Waals surface area contributed by atoms with Crippen molar-refractivity contribution in [3.63, 3.8) is 0 Å². The summed E-state index contributed by atoms with van der Waals surface area (Å²) >= 11 is 0. The van der Waals surface area contributed by atoms with Gasteiger partial charge in [0.15, 0.2) is 0 Å². The summed E-state index contributed by atoms with van der Waals surface area (Å²) in [5, 5.41) is 4.43. The van der Waals surface area contributed by atoms with Crippen molar-refractivity contribution in [2.45, 2.75) is 52.1 Å². The van der Waals surface area contributed by atoms with Gasteiger partial charge in [-0.15, -0.1) is 0 Å². The number of hydrogen-bond donors (Lipinski definition) is 2. The Kier molecular flexibility index (Phi) is 5.86. The van der Waals surface area contributed by atoms with Crippen LogP contribution < -0.4 is 5.32 Å². The van der Waals surface area contributed by atoms with Crippen molar-refractivity contribution in [3.8, 4) is 0 Å². The molecule has 1 aliphatic carbocycles. The van der Waals surface area contributed by atoms with Crippen molar-refractivity contribution in [2.75, 3.05) is 18.4 Å². The molecule has 34 heavy (non-hydrogen) atoms. The zero-order chi connectivity index (χ0) is 23.7. The third kappa shape index (κ3) is 4.83. The molecule has 3 heterocycles. The van der Waals surface area contributed by atoms with E-state index in [0.29, 0.717) is 13.1 Å². The minimum Gasteiger partial charge on any atom is -0.444 e. The van der Waals surface area contributed by atoms with E-state index in [0.717, 1.165) is 47.5 Å². The molecule has 176 valence electrons. The Hall–Kier alpha value is -3.61. The molecular formula is C27H31N5O2. The van der Waals surface area contributed by atoms with Crippen molar-refractivity contribution in [3.05, 3.63) is 59.6 Å². The SMILES string of the molecule is CC(C)(C)OC(=O)N1CC=C(c2cc3c(Nc4ccc5c(c4)C=CCCC5)ncnc3[nH]2)CC1. The fourth-order valence-corrected chi connectivity index (χ4v) is 4.43. The van der Waals surface area contributed by atoms with Crippen LogP contribution in [0.25, 0.3) is 22.7 Å². The minimum atomic E-state index is -0.492. The number of ether oxygens (including phenoxy) is 1. The summed E-state index contributed by atoms with van der Waals surface area (Å²) in [7, 11) is 0. The van der Waals surface area contributed by atoms with Gasteiger partial charge >= 0.3 is 6.09 Å². The topological polar surface area (TPSA) is 83.1 Å². The first-order valence-corrected chi connectivity index (χ1v) is 11.9. The largest absolute Gasteiger partial charge is 0.444 e. The Labute approximate surface area is 199 Å². The summed E-state index contributed by atoms with van der Waals surface area (Å²) in [6, 6.07) is 8.61. The molecule has 0 spiro atoms. The number of carbonyl (C=O) groups is 1. The summed E-state index contributed by atoms with van der Waals surface area (Å²) in [5.41, 5.74) is 6.14. The Morgan fingerprint density at radius 2 is 2.06 bits per heavy atom. The van der Waals surface area contributed by atoms with Crippen LogP contribution in [0.2, 0.25) is 0 Å². The number of aryl methyl sites for hydroxylation is 1. The smallest absolute Gasteiger partial charge is 0.410 e. The highest BCUT2D eigenvalue weighted by Gasteiger charge is 2.24. The highest BCUT2D eigenvalue weighted by atomic mass is 16.6. The molecule has 2 N–H and O–H groups in total. The van der Waals surface area contributed by atoms with Crippen LogP contribution in [0.5, 0.6) is 0 Å². The first kappa shape index (κ1) is 22.2. The Bertz CT molecular complexity index is 1280. The lowest BCUT2D eigenvalue weighted by atomic mass is 10.0. The highest BCUT2D eigenvalue weighted by molar-refractivity contribution is 5.92. The summed E-state index contributed by atoms with van der Waals surface area (Å²) in [6.07, 6.45) is 12.0.